The average molecular weight is 195 g/mol. The van der Waals surface area contributed by atoms with Crippen molar-refractivity contribution in [3.05, 3.63) is 29.8 Å². The first kappa shape index (κ1) is 10.5. The number of nitrogens with one attached hydrogen (secondary N) is 1. The van der Waals surface area contributed by atoms with E-state index in [-0.39, 0.29) is 11.7 Å². The Bertz CT molecular complexity index is 355. The summed E-state index contributed by atoms with van der Waals surface area (Å²) in [5.74, 6) is 1.46. The minimum absolute atomic E-state index is 0.106. The third kappa shape index (κ3) is 2.46. The highest BCUT2D eigenvalue weighted by molar-refractivity contribution is 5.47. The summed E-state index contributed by atoms with van der Waals surface area (Å²) in [4.78, 5) is 0. The minimum Gasteiger partial charge on any atom is -0.369 e. The highest BCUT2D eigenvalue weighted by atomic mass is 19.1. The molecule has 0 fully saturated rings. The van der Waals surface area contributed by atoms with E-state index in [2.05, 4.69) is 11.2 Å². The number of rotatable bonds is 3. The third-order valence-electron chi connectivity index (χ3n) is 1.87. The van der Waals surface area contributed by atoms with Crippen LogP contribution in [0, 0.1) is 24.0 Å². The van der Waals surface area contributed by atoms with E-state index in [9.17, 15) is 8.78 Å². The molecule has 3 heteroatoms. The van der Waals surface area contributed by atoms with Crippen molar-refractivity contribution >= 4 is 5.69 Å². The van der Waals surface area contributed by atoms with Crippen molar-refractivity contribution in [2.75, 3.05) is 5.32 Å². The van der Waals surface area contributed by atoms with Crippen LogP contribution in [-0.4, -0.2) is 6.04 Å². The standard InChI is InChI=1S/C11H11F2N/c1-3-9(4-2)14-11-7-8(12)5-6-10(11)13/h1,5-7,9,14H,4H2,2H3. The summed E-state index contributed by atoms with van der Waals surface area (Å²) >= 11 is 0. The van der Waals surface area contributed by atoms with Crippen molar-refractivity contribution in [1.29, 1.82) is 0 Å². The molecule has 0 aromatic heterocycles. The van der Waals surface area contributed by atoms with Crippen molar-refractivity contribution in [2.45, 2.75) is 19.4 Å². The Kier molecular flexibility index (Phi) is 3.47. The molecule has 1 aromatic carbocycles. The highest BCUT2D eigenvalue weighted by Crippen LogP contribution is 2.16. The average Bonchev–Trinajstić information content (AvgIpc) is 2.19. The van der Waals surface area contributed by atoms with Gasteiger partial charge >= 0.3 is 0 Å². The summed E-state index contributed by atoms with van der Waals surface area (Å²) in [6.45, 7) is 1.87. The zero-order valence-corrected chi connectivity index (χ0v) is 7.85. The maximum Gasteiger partial charge on any atom is 0.146 e. The van der Waals surface area contributed by atoms with Crippen LogP contribution in [0.3, 0.4) is 0 Å². The lowest BCUT2D eigenvalue weighted by Gasteiger charge is -2.12. The van der Waals surface area contributed by atoms with Crippen LogP contribution in [0.2, 0.25) is 0 Å². The first-order chi connectivity index (χ1) is 6.67. The number of hydrogen-bond acceptors (Lipinski definition) is 1. The molecule has 0 spiro atoms. The molecule has 1 aromatic rings. The van der Waals surface area contributed by atoms with E-state index < -0.39 is 11.6 Å². The Morgan fingerprint density at radius 1 is 1.50 bits per heavy atom. The quantitative estimate of drug-likeness (QED) is 0.731. The second-order valence-corrected chi connectivity index (χ2v) is 2.90. The Morgan fingerprint density at radius 2 is 2.21 bits per heavy atom. The van der Waals surface area contributed by atoms with Gasteiger partial charge in [0.25, 0.3) is 0 Å². The summed E-state index contributed by atoms with van der Waals surface area (Å²) in [7, 11) is 0. The molecule has 0 saturated carbocycles. The Balaban J connectivity index is 2.86. The van der Waals surface area contributed by atoms with Crippen LogP contribution in [0.5, 0.6) is 0 Å². The lowest BCUT2D eigenvalue weighted by atomic mass is 10.2. The lowest BCUT2D eigenvalue weighted by Crippen LogP contribution is -2.16. The lowest BCUT2D eigenvalue weighted by molar-refractivity contribution is 0.601. The maximum atomic E-state index is 13.1. The van der Waals surface area contributed by atoms with Crippen LogP contribution < -0.4 is 5.32 Å². The molecule has 0 aliphatic carbocycles. The van der Waals surface area contributed by atoms with E-state index in [4.69, 9.17) is 6.42 Å². The molecule has 0 bridgehead atoms. The summed E-state index contributed by atoms with van der Waals surface area (Å²) in [6, 6.07) is 2.96. The topological polar surface area (TPSA) is 12.0 Å². The Morgan fingerprint density at radius 3 is 2.79 bits per heavy atom. The predicted octanol–water partition coefficient (Wildman–Crippen LogP) is 2.79. The van der Waals surface area contributed by atoms with Gasteiger partial charge < -0.3 is 5.32 Å². The van der Waals surface area contributed by atoms with Gasteiger partial charge in [-0.25, -0.2) is 8.78 Å². The van der Waals surface area contributed by atoms with E-state index in [1.54, 1.807) is 0 Å². The molecule has 0 amide bonds. The Labute approximate surface area is 82.1 Å². The third-order valence-corrected chi connectivity index (χ3v) is 1.87. The normalized spacial score (nSPS) is 11.9. The maximum absolute atomic E-state index is 13.1. The second kappa shape index (κ2) is 4.61. The molecule has 1 nitrogen and oxygen atoms in total. The van der Waals surface area contributed by atoms with Gasteiger partial charge in [0.2, 0.25) is 0 Å². The summed E-state index contributed by atoms with van der Waals surface area (Å²) in [6.07, 6.45) is 5.85. The van der Waals surface area contributed by atoms with Gasteiger partial charge in [-0.1, -0.05) is 12.8 Å². The van der Waals surface area contributed by atoms with E-state index >= 15 is 0 Å². The molecule has 14 heavy (non-hydrogen) atoms. The predicted molar refractivity (Wildman–Crippen MR) is 52.9 cm³/mol. The van der Waals surface area contributed by atoms with Gasteiger partial charge in [-0.3, -0.25) is 0 Å². The molecule has 0 aliphatic heterocycles. The van der Waals surface area contributed by atoms with Gasteiger partial charge in [-0.05, 0) is 24.6 Å². The molecule has 1 rings (SSSR count). The van der Waals surface area contributed by atoms with Crippen molar-refractivity contribution in [2.24, 2.45) is 0 Å². The SMILES string of the molecule is C#CC(CC)Nc1cc(F)ccc1F. The fraction of sp³-hybridized carbons (Fsp3) is 0.273. The molecule has 0 aliphatic rings. The van der Waals surface area contributed by atoms with E-state index in [0.717, 1.165) is 18.2 Å². The number of hydrogen-bond donors (Lipinski definition) is 1. The molecule has 1 N–H and O–H groups in total. The molecule has 0 saturated heterocycles. The smallest absolute Gasteiger partial charge is 0.146 e. The molecule has 1 atom stereocenters. The first-order valence-corrected chi connectivity index (χ1v) is 4.35. The van der Waals surface area contributed by atoms with Gasteiger partial charge in [-0.2, -0.15) is 0 Å². The summed E-state index contributed by atoms with van der Waals surface area (Å²) in [5, 5.41) is 2.74. The molecule has 74 valence electrons. The van der Waals surface area contributed by atoms with Crippen LogP contribution in [0.15, 0.2) is 18.2 Å². The zero-order valence-electron chi connectivity index (χ0n) is 7.85. The fourth-order valence-corrected chi connectivity index (χ4v) is 1.06. The van der Waals surface area contributed by atoms with Crippen molar-refractivity contribution in [1.82, 2.24) is 0 Å². The molecular formula is C11H11F2N. The monoisotopic (exact) mass is 195 g/mol. The van der Waals surface area contributed by atoms with Crippen molar-refractivity contribution < 1.29 is 8.78 Å². The van der Waals surface area contributed by atoms with Gasteiger partial charge in [-0.15, -0.1) is 6.42 Å². The second-order valence-electron chi connectivity index (χ2n) is 2.90. The largest absolute Gasteiger partial charge is 0.369 e. The van der Waals surface area contributed by atoms with Crippen LogP contribution in [0.4, 0.5) is 14.5 Å². The van der Waals surface area contributed by atoms with E-state index in [1.165, 1.54) is 0 Å². The minimum atomic E-state index is -0.500. The van der Waals surface area contributed by atoms with Crippen molar-refractivity contribution in [3.63, 3.8) is 0 Å². The van der Waals surface area contributed by atoms with Gasteiger partial charge in [0, 0.05) is 0 Å². The van der Waals surface area contributed by atoms with E-state index in [1.807, 2.05) is 6.92 Å². The van der Waals surface area contributed by atoms with Gasteiger partial charge in [0.1, 0.15) is 11.6 Å². The first-order valence-electron chi connectivity index (χ1n) is 4.35. The molecule has 0 heterocycles. The van der Waals surface area contributed by atoms with Crippen LogP contribution in [0.1, 0.15) is 13.3 Å². The highest BCUT2D eigenvalue weighted by Gasteiger charge is 2.07. The molecule has 1 unspecified atom stereocenters. The van der Waals surface area contributed by atoms with Crippen LogP contribution in [0.25, 0.3) is 0 Å². The summed E-state index contributed by atoms with van der Waals surface area (Å²) < 4.78 is 25.9. The molecular weight excluding hydrogens is 184 g/mol. The van der Waals surface area contributed by atoms with Gasteiger partial charge in [0.15, 0.2) is 0 Å². The van der Waals surface area contributed by atoms with Crippen LogP contribution >= 0.6 is 0 Å². The Hall–Kier alpha value is -1.56. The van der Waals surface area contributed by atoms with Crippen molar-refractivity contribution in [3.8, 4) is 12.3 Å². The van der Waals surface area contributed by atoms with Crippen LogP contribution in [-0.2, 0) is 0 Å². The summed E-state index contributed by atoms with van der Waals surface area (Å²) in [5.41, 5.74) is 0.106. The fourth-order valence-electron chi connectivity index (χ4n) is 1.06. The number of halogens is 2. The van der Waals surface area contributed by atoms with E-state index in [0.29, 0.717) is 6.42 Å². The zero-order chi connectivity index (χ0) is 10.6. The number of anilines is 1. The number of benzene rings is 1. The molecule has 0 radical (unpaired) electrons. The van der Waals surface area contributed by atoms with Gasteiger partial charge in [0.05, 0.1) is 11.7 Å². The number of terminal acetylenes is 1.